The zero-order valence-electron chi connectivity index (χ0n) is 11.2. The van der Waals surface area contributed by atoms with E-state index in [0.717, 1.165) is 0 Å². The van der Waals surface area contributed by atoms with Gasteiger partial charge in [-0.15, -0.1) is 0 Å². The summed E-state index contributed by atoms with van der Waals surface area (Å²) in [6.07, 6.45) is 0. The molecule has 1 N–H and O–H groups in total. The van der Waals surface area contributed by atoms with Crippen molar-refractivity contribution in [1.29, 1.82) is 5.26 Å². The van der Waals surface area contributed by atoms with Gasteiger partial charge in [0.15, 0.2) is 0 Å². The molecular formula is C14H18N2O2. The van der Waals surface area contributed by atoms with Crippen LogP contribution in [0.2, 0.25) is 0 Å². The number of rotatable bonds is 4. The number of hydrogen-bond acceptors (Lipinski definition) is 3. The maximum absolute atomic E-state index is 12.0. The smallest absolute Gasteiger partial charge is 0.252 e. The fourth-order valence-corrected chi connectivity index (χ4v) is 1.35. The van der Waals surface area contributed by atoms with E-state index in [2.05, 4.69) is 11.4 Å². The Labute approximate surface area is 108 Å². The zero-order chi connectivity index (χ0) is 13.8. The number of amides is 1. The number of ether oxygens (including phenoxy) is 1. The number of nitriles is 1. The first-order chi connectivity index (χ1) is 8.42. The second-order valence-electron chi connectivity index (χ2n) is 4.65. The van der Waals surface area contributed by atoms with Gasteiger partial charge in [0.1, 0.15) is 11.3 Å². The predicted octanol–water partition coefficient (Wildman–Crippen LogP) is 2.36. The maximum atomic E-state index is 12.0. The van der Waals surface area contributed by atoms with Gasteiger partial charge in [0.2, 0.25) is 0 Å². The molecule has 1 aromatic rings. The number of carbonyl (C=O) groups excluding carboxylic acids is 1. The minimum absolute atomic E-state index is 0.0321. The standard InChI is InChI=1S/C14H18N2O2/c1-10(2)14(3,9-15)16-13(17)11-5-7-12(18-4)8-6-11/h5-8,10H,1-4H3,(H,16,17). The molecule has 0 fully saturated rings. The van der Waals surface area contributed by atoms with Crippen LogP contribution in [0.4, 0.5) is 0 Å². The lowest BCUT2D eigenvalue weighted by Crippen LogP contribution is -2.48. The number of hydrogen-bond donors (Lipinski definition) is 1. The molecule has 0 aromatic heterocycles. The molecule has 4 nitrogen and oxygen atoms in total. The van der Waals surface area contributed by atoms with Gasteiger partial charge in [-0.25, -0.2) is 0 Å². The van der Waals surface area contributed by atoms with Crippen LogP contribution in [0, 0.1) is 17.2 Å². The topological polar surface area (TPSA) is 62.1 Å². The fraction of sp³-hybridized carbons (Fsp3) is 0.429. The van der Waals surface area contributed by atoms with Crippen molar-refractivity contribution in [2.45, 2.75) is 26.3 Å². The average molecular weight is 246 g/mol. The summed E-state index contributed by atoms with van der Waals surface area (Å²) in [6.45, 7) is 5.52. The predicted molar refractivity (Wildman–Crippen MR) is 69.3 cm³/mol. The molecule has 0 saturated carbocycles. The Morgan fingerprint density at radius 3 is 2.33 bits per heavy atom. The SMILES string of the molecule is COc1ccc(C(=O)NC(C)(C#N)C(C)C)cc1. The van der Waals surface area contributed by atoms with Crippen molar-refractivity contribution in [2.24, 2.45) is 5.92 Å². The van der Waals surface area contributed by atoms with Gasteiger partial charge in [-0.2, -0.15) is 5.26 Å². The summed E-state index contributed by atoms with van der Waals surface area (Å²) in [4.78, 5) is 12.0. The van der Waals surface area contributed by atoms with Crippen molar-refractivity contribution in [3.8, 4) is 11.8 Å². The van der Waals surface area contributed by atoms with E-state index in [4.69, 9.17) is 10.00 Å². The number of benzene rings is 1. The quantitative estimate of drug-likeness (QED) is 0.887. The first-order valence-electron chi connectivity index (χ1n) is 5.80. The Hall–Kier alpha value is -2.02. The molecule has 4 heteroatoms. The highest BCUT2D eigenvalue weighted by molar-refractivity contribution is 5.95. The summed E-state index contributed by atoms with van der Waals surface area (Å²) in [6, 6.07) is 8.92. The van der Waals surface area contributed by atoms with Gasteiger partial charge in [-0.05, 0) is 37.1 Å². The third-order valence-electron chi connectivity index (χ3n) is 3.11. The lowest BCUT2D eigenvalue weighted by atomic mass is 9.90. The van der Waals surface area contributed by atoms with E-state index >= 15 is 0 Å². The summed E-state index contributed by atoms with van der Waals surface area (Å²) in [5.74, 6) is 0.471. The lowest BCUT2D eigenvalue weighted by molar-refractivity contribution is 0.0908. The highest BCUT2D eigenvalue weighted by Crippen LogP contribution is 2.17. The van der Waals surface area contributed by atoms with Gasteiger partial charge in [0.25, 0.3) is 5.91 Å². The molecule has 0 aliphatic rings. The summed E-state index contributed by atoms with van der Waals surface area (Å²) in [5.41, 5.74) is -0.352. The van der Waals surface area contributed by atoms with Crippen molar-refractivity contribution in [3.63, 3.8) is 0 Å². The normalized spacial score (nSPS) is 13.6. The third kappa shape index (κ3) is 3.01. The zero-order valence-corrected chi connectivity index (χ0v) is 11.2. The highest BCUT2D eigenvalue weighted by atomic mass is 16.5. The number of carbonyl (C=O) groups is 1. The Morgan fingerprint density at radius 1 is 1.39 bits per heavy atom. The van der Waals surface area contributed by atoms with Crippen molar-refractivity contribution in [1.82, 2.24) is 5.32 Å². The fourth-order valence-electron chi connectivity index (χ4n) is 1.35. The first kappa shape index (κ1) is 14.0. The summed E-state index contributed by atoms with van der Waals surface area (Å²) >= 11 is 0. The van der Waals surface area contributed by atoms with Crippen LogP contribution in [-0.2, 0) is 0 Å². The van der Waals surface area contributed by atoms with Gasteiger partial charge >= 0.3 is 0 Å². The molecule has 0 heterocycles. The van der Waals surface area contributed by atoms with E-state index in [1.807, 2.05) is 13.8 Å². The van der Waals surface area contributed by atoms with Gasteiger partial charge < -0.3 is 10.1 Å². The van der Waals surface area contributed by atoms with E-state index in [1.165, 1.54) is 0 Å². The van der Waals surface area contributed by atoms with E-state index in [-0.39, 0.29) is 11.8 Å². The molecule has 0 aliphatic heterocycles. The van der Waals surface area contributed by atoms with E-state index in [1.54, 1.807) is 38.3 Å². The van der Waals surface area contributed by atoms with Crippen LogP contribution in [0.5, 0.6) is 5.75 Å². The summed E-state index contributed by atoms with van der Waals surface area (Å²) in [7, 11) is 1.57. The Bertz CT molecular complexity index is 460. The molecule has 1 amide bonds. The van der Waals surface area contributed by atoms with Crippen molar-refractivity contribution < 1.29 is 9.53 Å². The van der Waals surface area contributed by atoms with Crippen LogP contribution in [0.1, 0.15) is 31.1 Å². The van der Waals surface area contributed by atoms with Gasteiger partial charge in [0.05, 0.1) is 13.2 Å². The van der Waals surface area contributed by atoms with Crippen molar-refractivity contribution >= 4 is 5.91 Å². The molecule has 1 aromatic carbocycles. The van der Waals surface area contributed by atoms with Crippen LogP contribution in [0.25, 0.3) is 0 Å². The van der Waals surface area contributed by atoms with E-state index < -0.39 is 5.54 Å². The van der Waals surface area contributed by atoms with E-state index in [0.29, 0.717) is 11.3 Å². The molecule has 0 bridgehead atoms. The molecule has 96 valence electrons. The lowest BCUT2D eigenvalue weighted by Gasteiger charge is -2.27. The van der Waals surface area contributed by atoms with Gasteiger partial charge in [0, 0.05) is 5.56 Å². The molecule has 0 saturated heterocycles. The van der Waals surface area contributed by atoms with Crippen LogP contribution >= 0.6 is 0 Å². The molecule has 0 radical (unpaired) electrons. The molecule has 1 unspecified atom stereocenters. The number of nitrogens with zero attached hydrogens (tertiary/aromatic N) is 1. The van der Waals surface area contributed by atoms with Crippen LogP contribution < -0.4 is 10.1 Å². The second-order valence-corrected chi connectivity index (χ2v) is 4.65. The third-order valence-corrected chi connectivity index (χ3v) is 3.11. The molecule has 0 spiro atoms. The summed E-state index contributed by atoms with van der Waals surface area (Å²) < 4.78 is 5.03. The highest BCUT2D eigenvalue weighted by Gasteiger charge is 2.30. The van der Waals surface area contributed by atoms with Crippen molar-refractivity contribution in [2.75, 3.05) is 7.11 Å². The molecule has 1 rings (SSSR count). The Balaban J connectivity index is 2.85. The maximum Gasteiger partial charge on any atom is 0.252 e. The van der Waals surface area contributed by atoms with Gasteiger partial charge in [-0.1, -0.05) is 13.8 Å². The second kappa shape index (κ2) is 5.54. The average Bonchev–Trinajstić information content (AvgIpc) is 2.38. The van der Waals surface area contributed by atoms with Crippen LogP contribution in [0.15, 0.2) is 24.3 Å². The minimum Gasteiger partial charge on any atom is -0.497 e. The molecule has 1 atom stereocenters. The monoisotopic (exact) mass is 246 g/mol. The minimum atomic E-state index is -0.864. The molecule has 18 heavy (non-hydrogen) atoms. The van der Waals surface area contributed by atoms with E-state index in [9.17, 15) is 4.79 Å². The first-order valence-corrected chi connectivity index (χ1v) is 5.80. The summed E-state index contributed by atoms with van der Waals surface area (Å²) in [5, 5.41) is 11.9. The Morgan fingerprint density at radius 2 is 1.94 bits per heavy atom. The van der Waals surface area contributed by atoms with Crippen LogP contribution in [0.3, 0.4) is 0 Å². The Kier molecular flexibility index (Phi) is 4.33. The van der Waals surface area contributed by atoms with Crippen molar-refractivity contribution in [3.05, 3.63) is 29.8 Å². The molecule has 0 aliphatic carbocycles. The van der Waals surface area contributed by atoms with Gasteiger partial charge in [-0.3, -0.25) is 4.79 Å². The number of nitrogens with one attached hydrogen (secondary N) is 1. The number of methoxy groups -OCH3 is 1. The largest absolute Gasteiger partial charge is 0.497 e. The molecular weight excluding hydrogens is 228 g/mol. The van der Waals surface area contributed by atoms with Crippen LogP contribution in [-0.4, -0.2) is 18.6 Å².